The maximum atomic E-state index is 13.3. The number of nitrogens with zero attached hydrogens (tertiary/aromatic N) is 3. The average molecular weight is 396 g/mol. The van der Waals surface area contributed by atoms with Crippen molar-refractivity contribution in [3.8, 4) is 0 Å². The van der Waals surface area contributed by atoms with Crippen LogP contribution in [0.3, 0.4) is 0 Å². The molecule has 2 heterocycles. The van der Waals surface area contributed by atoms with Gasteiger partial charge in [0.1, 0.15) is 0 Å². The van der Waals surface area contributed by atoms with E-state index in [0.717, 1.165) is 12.1 Å². The van der Waals surface area contributed by atoms with Gasteiger partial charge in [0.2, 0.25) is 0 Å². The van der Waals surface area contributed by atoms with Crippen LogP contribution >= 0.6 is 0 Å². The van der Waals surface area contributed by atoms with Gasteiger partial charge in [0.05, 0.1) is 24.6 Å². The molecule has 6 nitrogen and oxygen atoms in total. The first-order valence-corrected chi connectivity index (χ1v) is 9.18. The van der Waals surface area contributed by atoms with Gasteiger partial charge in [0.15, 0.2) is 5.95 Å². The van der Waals surface area contributed by atoms with Crippen LogP contribution in [0.25, 0.3) is 0 Å². The van der Waals surface area contributed by atoms with Crippen LogP contribution in [0.2, 0.25) is 0 Å². The van der Waals surface area contributed by atoms with Gasteiger partial charge in [0.25, 0.3) is 0 Å². The molecule has 1 saturated heterocycles. The number of carbonyl (C=O) groups excluding carboxylic acids is 1. The van der Waals surface area contributed by atoms with Crippen LogP contribution in [0.4, 0.5) is 24.8 Å². The maximum absolute atomic E-state index is 13.3. The predicted octanol–water partition coefficient (Wildman–Crippen LogP) is 3.31. The minimum Gasteiger partial charge on any atom is -0.466 e. The molecule has 1 aromatic heterocycles. The Morgan fingerprint density at radius 1 is 1.39 bits per heavy atom. The zero-order valence-electron chi connectivity index (χ0n) is 15.6. The van der Waals surface area contributed by atoms with E-state index in [-0.39, 0.29) is 24.4 Å². The summed E-state index contributed by atoms with van der Waals surface area (Å²) in [6, 6.07) is 3.68. The van der Waals surface area contributed by atoms with Crippen molar-refractivity contribution < 1.29 is 22.7 Å². The number of anilines is 2. The lowest BCUT2D eigenvalue weighted by molar-refractivity contribution is -0.148. The summed E-state index contributed by atoms with van der Waals surface area (Å²) in [6.45, 7) is 3.21. The molecule has 152 valence electrons. The number of piperidine rings is 1. The molecule has 28 heavy (non-hydrogen) atoms. The van der Waals surface area contributed by atoms with E-state index in [1.54, 1.807) is 17.7 Å². The molecule has 1 aliphatic rings. The van der Waals surface area contributed by atoms with Gasteiger partial charge in [-0.25, -0.2) is 4.98 Å². The lowest BCUT2D eigenvalue weighted by atomic mass is 9.96. The smallest absolute Gasteiger partial charge is 0.416 e. The van der Waals surface area contributed by atoms with Crippen LogP contribution in [0.1, 0.15) is 30.9 Å². The lowest BCUT2D eigenvalue weighted by Crippen LogP contribution is -2.40. The van der Waals surface area contributed by atoms with Gasteiger partial charge < -0.3 is 19.9 Å². The summed E-state index contributed by atoms with van der Waals surface area (Å²) in [7, 11) is 0. The predicted molar refractivity (Wildman–Crippen MR) is 98.8 cm³/mol. The van der Waals surface area contributed by atoms with Crippen molar-refractivity contribution in [2.45, 2.75) is 32.5 Å². The molecule has 0 aliphatic carbocycles. The summed E-state index contributed by atoms with van der Waals surface area (Å²) < 4.78 is 46.6. The number of imidazole rings is 1. The number of ether oxygens (including phenoxy) is 1. The van der Waals surface area contributed by atoms with Crippen molar-refractivity contribution in [2.75, 3.05) is 30.3 Å². The number of nitrogens with two attached hydrogens (primary N) is 1. The molecule has 2 N–H and O–H groups in total. The Hall–Kier alpha value is -2.71. The number of esters is 1. The third-order valence-electron chi connectivity index (χ3n) is 4.88. The zero-order chi connectivity index (χ0) is 20.3. The molecule has 0 bridgehead atoms. The van der Waals surface area contributed by atoms with Crippen molar-refractivity contribution in [3.05, 3.63) is 41.7 Å². The molecule has 9 heteroatoms. The number of carbonyl (C=O) groups is 1. The minimum atomic E-state index is -4.45. The second-order valence-electron chi connectivity index (χ2n) is 6.79. The van der Waals surface area contributed by atoms with E-state index in [2.05, 4.69) is 4.98 Å². The van der Waals surface area contributed by atoms with Crippen LogP contribution in [-0.4, -0.2) is 35.2 Å². The number of halogens is 3. The highest BCUT2D eigenvalue weighted by Crippen LogP contribution is 2.35. The Balaban J connectivity index is 1.93. The first-order chi connectivity index (χ1) is 13.3. The monoisotopic (exact) mass is 396 g/mol. The van der Waals surface area contributed by atoms with Crippen molar-refractivity contribution in [1.82, 2.24) is 9.55 Å². The zero-order valence-corrected chi connectivity index (χ0v) is 15.6. The Labute approximate surface area is 161 Å². The van der Waals surface area contributed by atoms with Gasteiger partial charge in [-0.05, 0) is 37.5 Å². The summed E-state index contributed by atoms with van der Waals surface area (Å²) in [4.78, 5) is 17.9. The average Bonchev–Trinajstić information content (AvgIpc) is 3.06. The van der Waals surface area contributed by atoms with Crippen molar-refractivity contribution >= 4 is 17.6 Å². The van der Waals surface area contributed by atoms with Crippen LogP contribution in [0, 0.1) is 5.92 Å². The Bertz CT molecular complexity index is 835. The van der Waals surface area contributed by atoms with E-state index in [4.69, 9.17) is 10.5 Å². The molecule has 1 atom stereocenters. The van der Waals surface area contributed by atoms with E-state index in [0.29, 0.717) is 43.7 Å². The highest BCUT2D eigenvalue weighted by molar-refractivity contribution is 5.74. The van der Waals surface area contributed by atoms with Crippen LogP contribution in [0.5, 0.6) is 0 Å². The SMILES string of the molecule is CCOC(=O)[C@@H]1CCCN(c2cc(C(F)(F)F)ccc2Cn2ccnc2N)C1. The van der Waals surface area contributed by atoms with Gasteiger partial charge in [-0.2, -0.15) is 13.2 Å². The number of hydrogen-bond acceptors (Lipinski definition) is 5. The van der Waals surface area contributed by atoms with Gasteiger partial charge >= 0.3 is 12.1 Å². The number of aromatic nitrogens is 2. The van der Waals surface area contributed by atoms with Crippen molar-refractivity contribution in [2.24, 2.45) is 5.92 Å². The third kappa shape index (κ3) is 4.40. The fourth-order valence-corrected chi connectivity index (χ4v) is 3.47. The van der Waals surface area contributed by atoms with Gasteiger partial charge in [0, 0.05) is 31.2 Å². The highest BCUT2D eigenvalue weighted by Gasteiger charge is 2.33. The first-order valence-electron chi connectivity index (χ1n) is 9.18. The number of alkyl halides is 3. The molecule has 1 aromatic carbocycles. The maximum Gasteiger partial charge on any atom is 0.416 e. The van der Waals surface area contributed by atoms with E-state index < -0.39 is 11.7 Å². The molecule has 0 amide bonds. The molecule has 0 saturated carbocycles. The molecule has 0 radical (unpaired) electrons. The second-order valence-corrected chi connectivity index (χ2v) is 6.79. The molecule has 3 rings (SSSR count). The third-order valence-corrected chi connectivity index (χ3v) is 4.88. The van der Waals surface area contributed by atoms with Crippen LogP contribution < -0.4 is 10.6 Å². The summed E-state index contributed by atoms with van der Waals surface area (Å²) in [6.07, 6.45) is 0.132. The molecule has 2 aromatic rings. The first kappa shape index (κ1) is 20.0. The molecular weight excluding hydrogens is 373 g/mol. The summed E-state index contributed by atoms with van der Waals surface area (Å²) in [5.41, 5.74) is 6.23. The molecule has 0 unspecified atom stereocenters. The number of benzene rings is 1. The molecule has 1 fully saturated rings. The summed E-state index contributed by atoms with van der Waals surface area (Å²) in [5, 5.41) is 0. The standard InChI is InChI=1S/C19H23F3N4O2/c1-2-28-17(27)14-4-3-8-25(12-14)16-10-15(19(20,21)22)6-5-13(16)11-26-9-7-24-18(26)23/h5-7,9-10,14H,2-4,8,11-12H2,1H3,(H2,23,24)/t14-/m1/s1. The Morgan fingerprint density at radius 2 is 2.18 bits per heavy atom. The fourth-order valence-electron chi connectivity index (χ4n) is 3.47. The Morgan fingerprint density at radius 3 is 2.82 bits per heavy atom. The lowest BCUT2D eigenvalue weighted by Gasteiger charge is -2.35. The van der Waals surface area contributed by atoms with Gasteiger partial charge in [-0.15, -0.1) is 0 Å². The van der Waals surface area contributed by atoms with E-state index >= 15 is 0 Å². The number of rotatable bonds is 5. The number of hydrogen-bond donors (Lipinski definition) is 1. The number of nitrogen functional groups attached to an aromatic ring is 1. The molecule has 0 spiro atoms. The van der Waals surface area contributed by atoms with Crippen LogP contribution in [-0.2, 0) is 22.3 Å². The highest BCUT2D eigenvalue weighted by atomic mass is 19.4. The topological polar surface area (TPSA) is 73.4 Å². The normalized spacial score (nSPS) is 17.6. The molecule has 1 aliphatic heterocycles. The fraction of sp³-hybridized carbons (Fsp3) is 0.474. The van der Waals surface area contributed by atoms with Crippen LogP contribution in [0.15, 0.2) is 30.6 Å². The van der Waals surface area contributed by atoms with Gasteiger partial charge in [-0.3, -0.25) is 4.79 Å². The summed E-state index contributed by atoms with van der Waals surface area (Å²) >= 11 is 0. The minimum absolute atomic E-state index is 0.282. The van der Waals surface area contributed by atoms with E-state index in [1.807, 2.05) is 4.90 Å². The second kappa shape index (κ2) is 8.12. The van der Waals surface area contributed by atoms with E-state index in [9.17, 15) is 18.0 Å². The van der Waals surface area contributed by atoms with Crippen molar-refractivity contribution in [3.63, 3.8) is 0 Å². The quantitative estimate of drug-likeness (QED) is 0.785. The largest absolute Gasteiger partial charge is 0.466 e. The van der Waals surface area contributed by atoms with Gasteiger partial charge in [-0.1, -0.05) is 6.07 Å². The van der Waals surface area contributed by atoms with E-state index in [1.165, 1.54) is 12.3 Å². The van der Waals surface area contributed by atoms with Crippen molar-refractivity contribution in [1.29, 1.82) is 0 Å². The molecular formula is C19H23F3N4O2. The summed E-state index contributed by atoms with van der Waals surface area (Å²) in [5.74, 6) is -0.372. The Kier molecular flexibility index (Phi) is 5.81.